The van der Waals surface area contributed by atoms with E-state index in [0.29, 0.717) is 12.8 Å². The summed E-state index contributed by atoms with van der Waals surface area (Å²) in [5, 5.41) is 2.63. The van der Waals surface area contributed by atoms with E-state index in [-0.39, 0.29) is 17.7 Å². The Morgan fingerprint density at radius 2 is 1.56 bits per heavy atom. The van der Waals surface area contributed by atoms with Crippen molar-refractivity contribution in [2.75, 3.05) is 13.1 Å². The lowest BCUT2D eigenvalue weighted by atomic mass is 9.62. The minimum absolute atomic E-state index is 0.0959. The van der Waals surface area contributed by atoms with E-state index >= 15 is 0 Å². The lowest BCUT2D eigenvalue weighted by Gasteiger charge is -2.44. The first kappa shape index (κ1) is 17.9. The number of carbonyl (C=O) groups is 2. The van der Waals surface area contributed by atoms with Gasteiger partial charge in [-0.25, -0.2) is 0 Å². The number of piperidine rings is 2. The first-order chi connectivity index (χ1) is 13.2. The third kappa shape index (κ3) is 3.54. The number of amides is 2. The molecule has 0 aromatic heterocycles. The Hall–Kier alpha value is -2.46. The molecule has 0 radical (unpaired) electrons. The molecule has 4 heteroatoms. The van der Waals surface area contributed by atoms with E-state index in [1.165, 1.54) is 5.56 Å². The van der Waals surface area contributed by atoms with Crippen molar-refractivity contribution in [3.63, 3.8) is 0 Å². The first-order valence-electron chi connectivity index (χ1n) is 9.96. The number of likely N-dealkylation sites (tertiary alicyclic amines) is 1. The summed E-state index contributed by atoms with van der Waals surface area (Å²) in [5.41, 5.74) is 1.87. The lowest BCUT2D eigenvalue weighted by Crippen LogP contribution is -3.12. The Kier molecular flexibility index (Phi) is 5.08. The third-order valence-corrected chi connectivity index (χ3v) is 6.38. The minimum atomic E-state index is -0.562. The molecule has 4 rings (SSSR count). The molecule has 0 unspecified atom stereocenters. The SMILES string of the molecule is O=C1CC[C@](c2ccccc2)(C2CC[NH+](Cc3ccccc3)CC2)C(=O)N1. The van der Waals surface area contributed by atoms with Crippen molar-refractivity contribution in [3.8, 4) is 0 Å². The molecular formula is C23H27N2O2+. The van der Waals surface area contributed by atoms with Gasteiger partial charge in [0, 0.05) is 24.8 Å². The van der Waals surface area contributed by atoms with E-state index in [4.69, 9.17) is 0 Å². The summed E-state index contributed by atoms with van der Waals surface area (Å²) in [6, 6.07) is 20.7. The van der Waals surface area contributed by atoms with Gasteiger partial charge in [-0.15, -0.1) is 0 Å². The van der Waals surface area contributed by atoms with Crippen LogP contribution in [0.1, 0.15) is 36.8 Å². The van der Waals surface area contributed by atoms with Crippen LogP contribution in [-0.2, 0) is 21.5 Å². The fourth-order valence-corrected chi connectivity index (χ4v) is 4.94. The first-order valence-corrected chi connectivity index (χ1v) is 9.96. The van der Waals surface area contributed by atoms with Crippen LogP contribution < -0.4 is 10.2 Å². The number of quaternary nitrogens is 1. The van der Waals surface area contributed by atoms with Gasteiger partial charge in [-0.1, -0.05) is 60.7 Å². The van der Waals surface area contributed by atoms with Gasteiger partial charge in [-0.2, -0.15) is 0 Å². The molecule has 0 saturated carbocycles. The number of hydrogen-bond donors (Lipinski definition) is 2. The van der Waals surface area contributed by atoms with Crippen LogP contribution in [0, 0.1) is 5.92 Å². The van der Waals surface area contributed by atoms with Crippen LogP contribution in [0.4, 0.5) is 0 Å². The molecule has 1 atom stereocenters. The Labute approximate surface area is 160 Å². The topological polar surface area (TPSA) is 50.6 Å². The number of imide groups is 1. The minimum Gasteiger partial charge on any atom is -0.331 e. The highest BCUT2D eigenvalue weighted by Gasteiger charge is 2.50. The summed E-state index contributed by atoms with van der Waals surface area (Å²) >= 11 is 0. The molecule has 2 N–H and O–H groups in total. The van der Waals surface area contributed by atoms with Crippen LogP contribution in [0.5, 0.6) is 0 Å². The number of rotatable bonds is 4. The molecule has 4 nitrogen and oxygen atoms in total. The number of hydrogen-bond acceptors (Lipinski definition) is 2. The van der Waals surface area contributed by atoms with Crippen molar-refractivity contribution in [2.45, 2.75) is 37.6 Å². The van der Waals surface area contributed by atoms with Crippen molar-refractivity contribution in [1.29, 1.82) is 0 Å². The van der Waals surface area contributed by atoms with Crippen molar-refractivity contribution in [3.05, 3.63) is 71.8 Å². The van der Waals surface area contributed by atoms with Crippen molar-refractivity contribution in [1.82, 2.24) is 5.32 Å². The number of nitrogens with one attached hydrogen (secondary N) is 2. The zero-order valence-corrected chi connectivity index (χ0v) is 15.6. The lowest BCUT2D eigenvalue weighted by molar-refractivity contribution is -0.920. The summed E-state index contributed by atoms with van der Waals surface area (Å²) in [7, 11) is 0. The van der Waals surface area contributed by atoms with Gasteiger partial charge in [-0.3, -0.25) is 14.9 Å². The zero-order valence-electron chi connectivity index (χ0n) is 15.6. The predicted molar refractivity (Wildman–Crippen MR) is 104 cm³/mol. The zero-order chi connectivity index (χ0) is 18.7. The average molecular weight is 363 g/mol. The van der Waals surface area contributed by atoms with Crippen LogP contribution in [0.25, 0.3) is 0 Å². The molecule has 2 aromatic carbocycles. The van der Waals surface area contributed by atoms with Gasteiger partial charge in [0.2, 0.25) is 11.8 Å². The Bertz CT molecular complexity index is 798. The van der Waals surface area contributed by atoms with Gasteiger partial charge in [-0.05, 0) is 17.9 Å². The van der Waals surface area contributed by atoms with Gasteiger partial charge in [0.1, 0.15) is 6.54 Å². The fraction of sp³-hybridized carbons (Fsp3) is 0.391. The Balaban J connectivity index is 1.53. The molecule has 2 fully saturated rings. The van der Waals surface area contributed by atoms with Crippen molar-refractivity contribution in [2.24, 2.45) is 5.92 Å². The second-order valence-corrected chi connectivity index (χ2v) is 7.90. The van der Waals surface area contributed by atoms with Gasteiger partial charge in [0.25, 0.3) is 0 Å². The van der Waals surface area contributed by atoms with Gasteiger partial charge < -0.3 is 4.90 Å². The summed E-state index contributed by atoms with van der Waals surface area (Å²) in [6.45, 7) is 3.17. The van der Waals surface area contributed by atoms with Crippen LogP contribution in [0.3, 0.4) is 0 Å². The van der Waals surface area contributed by atoms with Gasteiger partial charge in [0.05, 0.1) is 18.5 Å². The fourth-order valence-electron chi connectivity index (χ4n) is 4.94. The second-order valence-electron chi connectivity index (χ2n) is 7.90. The van der Waals surface area contributed by atoms with Crippen molar-refractivity contribution >= 4 is 11.8 Å². The molecule has 2 aliphatic heterocycles. The molecule has 0 bridgehead atoms. The van der Waals surface area contributed by atoms with E-state index in [9.17, 15) is 9.59 Å². The molecule has 2 amide bonds. The van der Waals surface area contributed by atoms with E-state index in [0.717, 1.165) is 38.0 Å². The molecular weight excluding hydrogens is 336 g/mol. The van der Waals surface area contributed by atoms with Crippen LogP contribution >= 0.6 is 0 Å². The summed E-state index contributed by atoms with van der Waals surface area (Å²) in [5.74, 6) is 0.0488. The third-order valence-electron chi connectivity index (χ3n) is 6.38. The van der Waals surface area contributed by atoms with Crippen molar-refractivity contribution < 1.29 is 14.5 Å². The maximum Gasteiger partial charge on any atom is 0.237 e. The van der Waals surface area contributed by atoms with Gasteiger partial charge in [0.15, 0.2) is 0 Å². The maximum absolute atomic E-state index is 13.1. The monoisotopic (exact) mass is 363 g/mol. The molecule has 2 heterocycles. The molecule has 140 valence electrons. The maximum atomic E-state index is 13.1. The summed E-state index contributed by atoms with van der Waals surface area (Å²) in [6.07, 6.45) is 3.08. The average Bonchev–Trinajstić information content (AvgIpc) is 2.71. The van der Waals surface area contributed by atoms with E-state index in [2.05, 4.69) is 47.8 Å². The standard InChI is InChI=1S/C23H26N2O2/c26-21-11-14-23(22(27)24-21,19-9-5-2-6-10-19)20-12-15-25(16-13-20)17-18-7-3-1-4-8-18/h1-10,20H,11-17H2,(H,24,26,27)/p+1/t23-/m0/s1. The highest BCUT2D eigenvalue weighted by molar-refractivity contribution is 6.03. The quantitative estimate of drug-likeness (QED) is 0.815. The van der Waals surface area contributed by atoms with E-state index in [1.807, 2.05) is 18.2 Å². The number of benzene rings is 2. The molecule has 0 spiro atoms. The number of carbonyl (C=O) groups excluding carboxylic acids is 2. The summed E-state index contributed by atoms with van der Waals surface area (Å²) in [4.78, 5) is 26.4. The van der Waals surface area contributed by atoms with Gasteiger partial charge >= 0.3 is 0 Å². The normalized spacial score (nSPS) is 28.6. The molecule has 2 aliphatic rings. The summed E-state index contributed by atoms with van der Waals surface area (Å²) < 4.78 is 0. The van der Waals surface area contributed by atoms with E-state index < -0.39 is 5.41 Å². The molecule has 0 aliphatic carbocycles. The van der Waals surface area contributed by atoms with Crippen LogP contribution in [0.15, 0.2) is 60.7 Å². The highest BCUT2D eigenvalue weighted by Crippen LogP contribution is 2.43. The molecule has 2 saturated heterocycles. The highest BCUT2D eigenvalue weighted by atomic mass is 16.2. The van der Waals surface area contributed by atoms with Crippen LogP contribution in [0.2, 0.25) is 0 Å². The predicted octanol–water partition coefficient (Wildman–Crippen LogP) is 1.86. The van der Waals surface area contributed by atoms with Crippen LogP contribution in [-0.4, -0.2) is 24.9 Å². The smallest absolute Gasteiger partial charge is 0.237 e. The molecule has 2 aromatic rings. The Morgan fingerprint density at radius 1 is 0.926 bits per heavy atom. The van der Waals surface area contributed by atoms with E-state index in [1.54, 1.807) is 4.90 Å². The molecule has 27 heavy (non-hydrogen) atoms. The Morgan fingerprint density at radius 3 is 2.19 bits per heavy atom. The largest absolute Gasteiger partial charge is 0.331 e. The second kappa shape index (κ2) is 7.65.